The fraction of sp³-hybridized carbons (Fsp3) is 0.500. The Morgan fingerprint density at radius 1 is 0.917 bits per heavy atom. The molecule has 0 spiro atoms. The minimum atomic E-state index is -0.00783. The van der Waals surface area contributed by atoms with Crippen molar-refractivity contribution in [2.45, 2.75) is 20.4 Å². The molecule has 2 amide bonds. The molecule has 2 fully saturated rings. The van der Waals surface area contributed by atoms with Gasteiger partial charge >= 0.3 is 0 Å². The van der Waals surface area contributed by atoms with Crippen LogP contribution in [0.25, 0.3) is 0 Å². The van der Waals surface area contributed by atoms with Gasteiger partial charge in [0.05, 0.1) is 26.3 Å². The van der Waals surface area contributed by atoms with E-state index < -0.39 is 0 Å². The Balaban J connectivity index is 1.18. The number of piperazine rings is 1. The normalized spacial score (nSPS) is 16.9. The van der Waals surface area contributed by atoms with Crippen LogP contribution in [0.2, 0.25) is 0 Å². The van der Waals surface area contributed by atoms with Crippen molar-refractivity contribution in [3.8, 4) is 0 Å². The second-order valence-electron chi connectivity index (χ2n) is 9.91. The highest BCUT2D eigenvalue weighted by molar-refractivity contribution is 5.93. The minimum absolute atomic E-state index is 0.00783. The first-order valence-corrected chi connectivity index (χ1v) is 12.9. The third kappa shape index (κ3) is 7.06. The van der Waals surface area contributed by atoms with E-state index in [1.807, 2.05) is 44.0 Å². The number of aryl methyl sites for hydroxylation is 2. The first kappa shape index (κ1) is 26.1. The number of likely N-dealkylation sites (N-methyl/N-ethyl adjacent to an activating group) is 1. The lowest BCUT2D eigenvalue weighted by Crippen LogP contribution is -2.52. The minimum Gasteiger partial charge on any atom is -0.378 e. The molecule has 2 aromatic carbocycles. The van der Waals surface area contributed by atoms with Crippen LogP contribution in [0.4, 0.5) is 11.4 Å². The number of anilines is 2. The summed E-state index contributed by atoms with van der Waals surface area (Å²) in [5.41, 5.74) is 5.45. The average molecular weight is 494 g/mol. The number of morpholine rings is 1. The summed E-state index contributed by atoms with van der Waals surface area (Å²) in [4.78, 5) is 33.9. The van der Waals surface area contributed by atoms with Crippen LogP contribution in [0.1, 0.15) is 16.7 Å². The molecule has 2 saturated heterocycles. The zero-order valence-electron chi connectivity index (χ0n) is 21.8. The molecule has 2 aromatic rings. The van der Waals surface area contributed by atoms with Crippen molar-refractivity contribution in [3.05, 3.63) is 59.2 Å². The molecule has 0 aromatic heterocycles. The van der Waals surface area contributed by atoms with Gasteiger partial charge < -0.3 is 19.9 Å². The maximum absolute atomic E-state index is 12.9. The number of nitrogens with one attached hydrogen (secondary N) is 1. The van der Waals surface area contributed by atoms with Crippen LogP contribution < -0.4 is 10.2 Å². The van der Waals surface area contributed by atoms with E-state index in [-0.39, 0.29) is 11.8 Å². The van der Waals surface area contributed by atoms with E-state index in [0.29, 0.717) is 39.3 Å². The lowest BCUT2D eigenvalue weighted by Gasteiger charge is -2.35. The van der Waals surface area contributed by atoms with Gasteiger partial charge in [0.25, 0.3) is 0 Å². The molecule has 0 unspecified atom stereocenters. The number of ether oxygens (including phenoxy) is 1. The summed E-state index contributed by atoms with van der Waals surface area (Å²) in [5, 5.41) is 3.05. The highest BCUT2D eigenvalue weighted by Gasteiger charge is 2.23. The van der Waals surface area contributed by atoms with Gasteiger partial charge in [0, 0.05) is 57.2 Å². The molecule has 2 heterocycles. The summed E-state index contributed by atoms with van der Waals surface area (Å²) in [7, 11) is 1.99. The summed E-state index contributed by atoms with van der Waals surface area (Å²) in [6.45, 7) is 11.6. The van der Waals surface area contributed by atoms with Gasteiger partial charge in [0.2, 0.25) is 11.8 Å². The molecule has 0 radical (unpaired) electrons. The molecule has 8 nitrogen and oxygen atoms in total. The molecule has 194 valence electrons. The van der Waals surface area contributed by atoms with Gasteiger partial charge in [0.15, 0.2) is 0 Å². The van der Waals surface area contributed by atoms with Gasteiger partial charge in [-0.3, -0.25) is 19.4 Å². The van der Waals surface area contributed by atoms with Crippen molar-refractivity contribution in [3.63, 3.8) is 0 Å². The molecule has 1 N–H and O–H groups in total. The summed E-state index contributed by atoms with van der Waals surface area (Å²) >= 11 is 0. The van der Waals surface area contributed by atoms with Gasteiger partial charge in [-0.15, -0.1) is 0 Å². The van der Waals surface area contributed by atoms with E-state index in [1.165, 1.54) is 11.3 Å². The number of carbonyl (C=O) groups excluding carboxylic acids is 2. The van der Waals surface area contributed by atoms with Gasteiger partial charge in [-0.05, 0) is 49.7 Å². The SMILES string of the molecule is Cc1cccc(C)c1NC(=O)CN1CCN(C(=O)CN(C)Cc2ccc(N3CCOCC3)cc2)CC1. The molecule has 8 heteroatoms. The third-order valence-electron chi connectivity index (χ3n) is 7.01. The summed E-state index contributed by atoms with van der Waals surface area (Å²) in [5.74, 6) is 0.133. The lowest BCUT2D eigenvalue weighted by molar-refractivity contribution is -0.134. The zero-order valence-corrected chi connectivity index (χ0v) is 21.8. The molecular weight excluding hydrogens is 454 g/mol. The van der Waals surface area contributed by atoms with Gasteiger partial charge in [-0.25, -0.2) is 0 Å². The average Bonchev–Trinajstić information content (AvgIpc) is 2.87. The Morgan fingerprint density at radius 2 is 1.56 bits per heavy atom. The van der Waals surface area contributed by atoms with Crippen molar-refractivity contribution < 1.29 is 14.3 Å². The number of hydrogen-bond donors (Lipinski definition) is 1. The maximum Gasteiger partial charge on any atom is 0.238 e. The van der Waals surface area contributed by atoms with Crippen molar-refractivity contribution in [2.75, 3.05) is 82.8 Å². The van der Waals surface area contributed by atoms with E-state index in [1.54, 1.807) is 0 Å². The number of benzene rings is 2. The Morgan fingerprint density at radius 3 is 2.19 bits per heavy atom. The first-order chi connectivity index (χ1) is 17.4. The van der Waals surface area contributed by atoms with E-state index in [2.05, 4.69) is 44.3 Å². The standard InChI is InChI=1S/C28H39N5O3/c1-22-5-4-6-23(2)28(22)29-26(34)20-31-11-13-33(14-12-31)27(35)21-30(3)19-24-7-9-25(10-8-24)32-15-17-36-18-16-32/h4-10H,11-21H2,1-3H3,(H,29,34). The monoisotopic (exact) mass is 493 g/mol. The number of nitrogens with zero attached hydrogens (tertiary/aromatic N) is 4. The van der Waals surface area contributed by atoms with Crippen LogP contribution in [-0.2, 0) is 20.9 Å². The molecule has 36 heavy (non-hydrogen) atoms. The van der Waals surface area contributed by atoms with Gasteiger partial charge in [0.1, 0.15) is 0 Å². The van der Waals surface area contributed by atoms with E-state index in [9.17, 15) is 9.59 Å². The molecule has 0 aliphatic carbocycles. The van der Waals surface area contributed by atoms with Gasteiger partial charge in [-0.1, -0.05) is 30.3 Å². The van der Waals surface area contributed by atoms with Crippen molar-refractivity contribution in [1.82, 2.24) is 14.7 Å². The zero-order chi connectivity index (χ0) is 25.5. The van der Waals surface area contributed by atoms with Crippen LogP contribution in [0.5, 0.6) is 0 Å². The smallest absolute Gasteiger partial charge is 0.238 e. The molecule has 2 aliphatic rings. The van der Waals surface area contributed by atoms with Crippen molar-refractivity contribution >= 4 is 23.2 Å². The molecule has 0 saturated carbocycles. The van der Waals surface area contributed by atoms with Crippen molar-refractivity contribution in [1.29, 1.82) is 0 Å². The van der Waals surface area contributed by atoms with E-state index in [4.69, 9.17) is 4.74 Å². The fourth-order valence-electron chi connectivity index (χ4n) is 4.88. The van der Waals surface area contributed by atoms with Crippen molar-refractivity contribution in [2.24, 2.45) is 0 Å². The third-order valence-corrected chi connectivity index (χ3v) is 7.01. The molecular formula is C28H39N5O3. The topological polar surface area (TPSA) is 68.4 Å². The lowest BCUT2D eigenvalue weighted by atomic mass is 10.1. The Labute approximate surface area is 214 Å². The Bertz CT molecular complexity index is 1010. The van der Waals surface area contributed by atoms with Crippen LogP contribution in [-0.4, -0.2) is 99.1 Å². The number of hydrogen-bond acceptors (Lipinski definition) is 6. The predicted octanol–water partition coefficient (Wildman–Crippen LogP) is 2.35. The summed E-state index contributed by atoms with van der Waals surface area (Å²) in [6, 6.07) is 14.6. The Kier molecular flexibility index (Phi) is 8.96. The maximum atomic E-state index is 12.9. The fourth-order valence-corrected chi connectivity index (χ4v) is 4.88. The van der Waals surface area contributed by atoms with Crippen LogP contribution in [0.3, 0.4) is 0 Å². The highest BCUT2D eigenvalue weighted by atomic mass is 16.5. The number of para-hydroxylation sites is 1. The quantitative estimate of drug-likeness (QED) is 0.609. The molecule has 4 rings (SSSR count). The largest absolute Gasteiger partial charge is 0.378 e. The second kappa shape index (κ2) is 12.3. The highest BCUT2D eigenvalue weighted by Crippen LogP contribution is 2.20. The van der Waals surface area contributed by atoms with Crippen LogP contribution >= 0.6 is 0 Å². The number of carbonyl (C=O) groups is 2. The van der Waals surface area contributed by atoms with Gasteiger partial charge in [-0.2, -0.15) is 0 Å². The number of rotatable bonds is 8. The molecule has 0 atom stereocenters. The predicted molar refractivity (Wildman–Crippen MR) is 143 cm³/mol. The first-order valence-electron chi connectivity index (χ1n) is 12.9. The molecule has 2 aliphatic heterocycles. The molecule has 0 bridgehead atoms. The van der Waals surface area contributed by atoms with E-state index >= 15 is 0 Å². The van der Waals surface area contributed by atoms with Crippen LogP contribution in [0, 0.1) is 13.8 Å². The van der Waals surface area contributed by atoms with E-state index in [0.717, 1.165) is 49.7 Å². The summed E-state index contributed by atoms with van der Waals surface area (Å²) < 4.78 is 5.43. The second-order valence-corrected chi connectivity index (χ2v) is 9.91. The number of amides is 2. The Hall–Kier alpha value is -2.94. The summed E-state index contributed by atoms with van der Waals surface area (Å²) in [6.07, 6.45) is 0. The van der Waals surface area contributed by atoms with Crippen LogP contribution in [0.15, 0.2) is 42.5 Å².